The maximum atomic E-state index is 10.2. The van der Waals surface area contributed by atoms with E-state index in [1.807, 2.05) is 114 Å². The Kier molecular flexibility index (Phi) is 27.9. The third-order valence-electron chi connectivity index (χ3n) is 31.2. The number of hydrogen-bond acceptors (Lipinski definition) is 24. The molecular weight excluding hydrogens is 1890 g/mol. The largest absolute Gasteiger partial charge is 0.393 e. The van der Waals surface area contributed by atoms with Gasteiger partial charge in [-0.05, 0) is 427 Å². The second-order valence-corrected chi connectivity index (χ2v) is 47.2. The molecule has 0 saturated heterocycles. The Labute approximate surface area is 860 Å². The van der Waals surface area contributed by atoms with Crippen LogP contribution in [0, 0.1) is 82.1 Å². The van der Waals surface area contributed by atoms with Gasteiger partial charge in [0.1, 0.15) is 57.6 Å². The Hall–Kier alpha value is -12.2. The monoisotopic (exact) mass is 2010 g/mol. The lowest BCUT2D eigenvalue weighted by atomic mass is 9.84. The number of aromatic nitrogens is 15. The SMILES string of the molecule is Cc1cc2cc(-c3cnc4ccc(N(C)C5CCC(C)CC5)nn34)sc2cc1C.Cc1cc2cc(-c3cnc4ccc(N(C)C5CCC(O)CC5)nn34)sc2cc1C.Cc1cc2cc(-c3cnc4ccc(NC5CCC(C)(O)CC5)nn34)sc2cc1C.Cc1cc2cc(-c3cnc4ccc(NC5CCCC(O)C5)nn34)sc2cc1C.Cc1cc2sc(-c3cnc4ccc(NC5CCC(O)CC5)nn34)cc2c(C)c1C. The molecule has 15 aromatic heterocycles. The quantitative estimate of drug-likeness (QED) is 0.0502. The molecule has 2 atom stereocenters. The zero-order chi connectivity index (χ0) is 99.8. The summed E-state index contributed by atoms with van der Waals surface area (Å²) < 4.78 is 16.3. The number of aryl methyl sites for hydroxylation is 10. The van der Waals surface area contributed by atoms with Crippen LogP contribution in [0.3, 0.4) is 0 Å². The van der Waals surface area contributed by atoms with Gasteiger partial charge >= 0.3 is 0 Å². The number of thiophene rings is 5. The van der Waals surface area contributed by atoms with Gasteiger partial charge in [-0.15, -0.1) is 82.2 Å². The molecule has 15 heterocycles. The molecule has 5 fully saturated rings. The molecule has 5 saturated carbocycles. The Balaban J connectivity index is 0.000000106. The fourth-order valence-electron chi connectivity index (χ4n) is 21.2. The van der Waals surface area contributed by atoms with Crippen molar-refractivity contribution in [1.82, 2.24) is 73.0 Å². The summed E-state index contributed by atoms with van der Waals surface area (Å²) in [4.78, 5) is 33.4. The van der Waals surface area contributed by atoms with Crippen LogP contribution in [0.4, 0.5) is 29.1 Å². The molecular formula is C115H130N20O4S5. The summed E-state index contributed by atoms with van der Waals surface area (Å²) in [5.41, 5.74) is 23.6. The van der Waals surface area contributed by atoms with Gasteiger partial charge in [-0.3, -0.25) is 0 Å². The van der Waals surface area contributed by atoms with E-state index in [0.29, 0.717) is 24.2 Å². The van der Waals surface area contributed by atoms with Gasteiger partial charge in [-0.25, -0.2) is 47.5 Å². The van der Waals surface area contributed by atoms with E-state index in [0.717, 1.165) is 194 Å². The summed E-state index contributed by atoms with van der Waals surface area (Å²) in [7, 11) is 4.30. The van der Waals surface area contributed by atoms with Gasteiger partial charge in [0.15, 0.2) is 28.2 Å². The fourth-order valence-corrected chi connectivity index (χ4v) is 27.0. The van der Waals surface area contributed by atoms with Crippen molar-refractivity contribution in [2.75, 3.05) is 39.8 Å². The molecule has 5 aromatic carbocycles. The minimum atomic E-state index is -0.523. The van der Waals surface area contributed by atoms with E-state index in [1.54, 1.807) is 45.3 Å². The second kappa shape index (κ2) is 41.0. The van der Waals surface area contributed by atoms with Crippen molar-refractivity contribution < 1.29 is 20.4 Å². The van der Waals surface area contributed by atoms with E-state index in [4.69, 9.17) is 25.5 Å². The van der Waals surface area contributed by atoms with E-state index in [1.165, 1.54) is 162 Å². The number of imidazole rings is 5. The van der Waals surface area contributed by atoms with Crippen molar-refractivity contribution in [1.29, 1.82) is 0 Å². The van der Waals surface area contributed by atoms with Crippen LogP contribution in [0.5, 0.6) is 0 Å². The number of benzene rings is 5. The van der Waals surface area contributed by atoms with E-state index in [-0.39, 0.29) is 24.4 Å². The smallest absolute Gasteiger partial charge is 0.154 e. The molecule has 25 rings (SSSR count). The number of anilines is 5. The molecule has 0 bridgehead atoms. The second-order valence-electron chi connectivity index (χ2n) is 41.7. The van der Waals surface area contributed by atoms with Crippen molar-refractivity contribution >= 4 is 164 Å². The number of aliphatic hydroxyl groups is 4. The predicted molar refractivity (Wildman–Crippen MR) is 598 cm³/mol. The third kappa shape index (κ3) is 20.8. The minimum Gasteiger partial charge on any atom is -0.393 e. The first kappa shape index (κ1) is 97.9. The van der Waals surface area contributed by atoms with E-state index >= 15 is 0 Å². The summed E-state index contributed by atoms with van der Waals surface area (Å²) in [6.07, 6.45) is 29.0. The van der Waals surface area contributed by atoms with E-state index in [2.05, 4.69) is 251 Å². The predicted octanol–water partition coefficient (Wildman–Crippen LogP) is 26.7. The fraction of sp³-hybridized carbons (Fsp3) is 0.391. The van der Waals surface area contributed by atoms with Crippen LogP contribution in [0.1, 0.15) is 203 Å². The molecule has 0 radical (unpaired) electrons. The van der Waals surface area contributed by atoms with Crippen LogP contribution in [-0.2, 0) is 0 Å². The highest BCUT2D eigenvalue weighted by Crippen LogP contribution is 2.44. The molecule has 0 amide bonds. The van der Waals surface area contributed by atoms with Crippen molar-refractivity contribution in [3.63, 3.8) is 0 Å². The van der Waals surface area contributed by atoms with Crippen LogP contribution >= 0.6 is 56.7 Å². The minimum absolute atomic E-state index is 0.143. The van der Waals surface area contributed by atoms with E-state index < -0.39 is 5.60 Å². The Morgan fingerprint density at radius 2 is 0.632 bits per heavy atom. The maximum absolute atomic E-state index is 10.2. The number of nitrogens with zero attached hydrogens (tertiary/aromatic N) is 17. The van der Waals surface area contributed by atoms with Gasteiger partial charge in [0.2, 0.25) is 0 Å². The summed E-state index contributed by atoms with van der Waals surface area (Å²) in [5.74, 6) is 5.39. The summed E-state index contributed by atoms with van der Waals surface area (Å²) in [6.45, 7) is 28.2. The highest BCUT2D eigenvalue weighted by atomic mass is 32.1. The molecule has 0 aliphatic heterocycles. The molecule has 5 aliphatic carbocycles. The lowest BCUT2D eigenvalue weighted by Gasteiger charge is -2.34. The van der Waals surface area contributed by atoms with Gasteiger partial charge in [0, 0.05) is 67.8 Å². The van der Waals surface area contributed by atoms with Gasteiger partial charge < -0.3 is 46.2 Å². The van der Waals surface area contributed by atoms with Crippen molar-refractivity contribution in [3.8, 4) is 52.9 Å². The molecule has 5 aliphatic rings. The highest BCUT2D eigenvalue weighted by Gasteiger charge is 2.32. The molecule has 7 N–H and O–H groups in total. The lowest BCUT2D eigenvalue weighted by Crippen LogP contribution is -2.37. The summed E-state index contributed by atoms with van der Waals surface area (Å²) in [6, 6.07) is 54.0. The lowest BCUT2D eigenvalue weighted by molar-refractivity contribution is 0.0196. The molecule has 744 valence electrons. The zero-order valence-corrected chi connectivity index (χ0v) is 89.1. The number of hydrogen-bond donors (Lipinski definition) is 7. The van der Waals surface area contributed by atoms with Crippen LogP contribution in [-0.4, -0.2) is 162 Å². The van der Waals surface area contributed by atoms with Gasteiger partial charge in [-0.2, -0.15) is 0 Å². The van der Waals surface area contributed by atoms with Gasteiger partial charge in [0.05, 0.1) is 79.3 Å². The van der Waals surface area contributed by atoms with Crippen LogP contribution in [0.25, 0.3) is 132 Å². The molecule has 24 nitrogen and oxygen atoms in total. The molecule has 29 heteroatoms. The zero-order valence-electron chi connectivity index (χ0n) is 85.0. The third-order valence-corrected chi connectivity index (χ3v) is 36.8. The first-order valence-electron chi connectivity index (χ1n) is 51.2. The summed E-state index contributed by atoms with van der Waals surface area (Å²) >= 11 is 8.98. The highest BCUT2D eigenvalue weighted by molar-refractivity contribution is 7.23. The van der Waals surface area contributed by atoms with Crippen LogP contribution in [0.2, 0.25) is 0 Å². The van der Waals surface area contributed by atoms with Crippen LogP contribution in [0.15, 0.2) is 177 Å². The first-order chi connectivity index (χ1) is 69.4. The van der Waals surface area contributed by atoms with Crippen LogP contribution < -0.4 is 25.8 Å². The van der Waals surface area contributed by atoms with Crippen molar-refractivity contribution in [2.45, 2.75) is 273 Å². The average Bonchev–Trinajstić information content (AvgIpc) is 1.64. The molecule has 2 unspecified atom stereocenters. The van der Waals surface area contributed by atoms with Crippen molar-refractivity contribution in [2.24, 2.45) is 5.92 Å². The van der Waals surface area contributed by atoms with Gasteiger partial charge in [-0.1, -0.05) is 31.2 Å². The standard InChI is InChI=1S/C24H28N4S.3C23H26N4OS.C22H24N4OS/c1-15-5-7-19(8-6-15)27(4)24-10-9-23-25-14-20(28(23)26-24)22-13-18-11-16(2)17(3)12-21(18)29-22;1-14-10-16-12-21(29-20(16)11-15(14)2)19-13-24-22-8-9-23(25-27(19)22)26(3)17-4-6-18(28)7-5-17;1-13-10-20-18(15(3)14(13)2)11-21(29-20)19-12-24-23-9-8-22(26-27(19)23)25-16-4-6-17(28)7-5-16;1-14-10-16-12-20(29-19(16)11-15(14)2)18-13-24-22-5-4-21(26-27(18)22)25-17-6-8-23(3,28)9-7-17;1-13-8-15-10-20(28-19(15)9-14(13)2)18-12-23-22-7-6-21(25-26(18)22)24-16-4-3-5-17(27)11-16/h9-15,19H,5-8H2,1-4H3;8-13,17-18,28H,4-7H2,1-3H3;8-12,16-17,28H,4-7H2,1-3H3,(H,25,26);4-5,10-13,17,28H,6-9H2,1-3H3,(H,25,26);6-10,12,16-17,27H,3-5,11H2,1-2H3,(H,24,25). The normalized spacial score (nSPS) is 20.4. The molecule has 20 aromatic rings. The van der Waals surface area contributed by atoms with Gasteiger partial charge in [0.25, 0.3) is 0 Å². The number of fused-ring (bicyclic) bond motifs is 10. The first-order valence-corrected chi connectivity index (χ1v) is 55.3. The topological polar surface area (TPSA) is 274 Å². The number of aliphatic hydroxyl groups excluding tert-OH is 3. The number of nitrogens with one attached hydrogen (secondary N) is 3. The Morgan fingerprint density at radius 1 is 0.319 bits per heavy atom. The van der Waals surface area contributed by atoms with E-state index in [9.17, 15) is 20.4 Å². The summed E-state index contributed by atoms with van der Waals surface area (Å²) in [5, 5.41) is 81.1. The Bertz CT molecular complexity index is 7760. The number of rotatable bonds is 15. The maximum Gasteiger partial charge on any atom is 0.154 e. The molecule has 0 spiro atoms. The van der Waals surface area contributed by atoms with Crippen molar-refractivity contribution in [3.05, 3.63) is 238 Å². The molecule has 144 heavy (non-hydrogen) atoms. The Morgan fingerprint density at radius 3 is 1.01 bits per heavy atom. The average molecular weight is 2020 g/mol.